The lowest BCUT2D eigenvalue weighted by atomic mass is 10.1. The number of aromatic nitrogens is 2. The molecule has 0 unspecified atom stereocenters. The summed E-state index contributed by atoms with van der Waals surface area (Å²) in [7, 11) is 0. The topological polar surface area (TPSA) is 93.2 Å². The van der Waals surface area contributed by atoms with E-state index in [-0.39, 0.29) is 11.9 Å². The Morgan fingerprint density at radius 2 is 2.04 bits per heavy atom. The largest absolute Gasteiger partial charge is 0.361 e. The Kier molecular flexibility index (Phi) is 5.92. The fourth-order valence-corrected chi connectivity index (χ4v) is 2.35. The lowest BCUT2D eigenvalue weighted by Crippen LogP contribution is -2.40. The number of unbranched alkanes of at least 4 members (excludes halogenated alkanes) is 1. The third-order valence-electron chi connectivity index (χ3n) is 3.75. The van der Waals surface area contributed by atoms with E-state index in [1.54, 1.807) is 13.0 Å². The molecule has 7 nitrogen and oxygen atoms in total. The fraction of sp³-hybridized carbons (Fsp3) is 0.562. The number of carbonyl (C=O) groups is 1. The van der Waals surface area contributed by atoms with Gasteiger partial charge in [0.2, 0.25) is 5.91 Å². The van der Waals surface area contributed by atoms with Gasteiger partial charge in [0.15, 0.2) is 5.82 Å². The Morgan fingerprint density at radius 3 is 2.61 bits per heavy atom. The summed E-state index contributed by atoms with van der Waals surface area (Å²) in [5.41, 5.74) is 1.84. The molecule has 2 heterocycles. The Balaban J connectivity index is 1.99. The van der Waals surface area contributed by atoms with Crippen LogP contribution in [0.4, 0.5) is 5.82 Å². The van der Waals surface area contributed by atoms with Gasteiger partial charge >= 0.3 is 0 Å². The van der Waals surface area contributed by atoms with Crippen LogP contribution < -0.4 is 10.6 Å². The standard InChI is InChI=1S/C16H24N4O3/c1-5-6-7-14(16(21)18-15-8-10(2)22-20-15)17-9-13-11(3)19-23-12(13)4/h8,14,17H,5-7,9H2,1-4H3,(H,18,20,21)/t14-/m1/s1. The minimum Gasteiger partial charge on any atom is -0.361 e. The smallest absolute Gasteiger partial charge is 0.242 e. The maximum Gasteiger partial charge on any atom is 0.242 e. The summed E-state index contributed by atoms with van der Waals surface area (Å²) in [4.78, 5) is 12.5. The van der Waals surface area contributed by atoms with Gasteiger partial charge in [0.05, 0.1) is 11.7 Å². The quantitative estimate of drug-likeness (QED) is 0.777. The van der Waals surface area contributed by atoms with Gasteiger partial charge in [-0.2, -0.15) is 0 Å². The van der Waals surface area contributed by atoms with Crippen LogP contribution in [-0.2, 0) is 11.3 Å². The molecule has 0 fully saturated rings. The highest BCUT2D eigenvalue weighted by Gasteiger charge is 2.20. The minimum atomic E-state index is -0.305. The van der Waals surface area contributed by atoms with Crippen LogP contribution in [0.3, 0.4) is 0 Å². The normalized spacial score (nSPS) is 12.3. The Labute approximate surface area is 135 Å². The van der Waals surface area contributed by atoms with Crippen LogP contribution in [0.25, 0.3) is 0 Å². The molecule has 0 aromatic carbocycles. The van der Waals surface area contributed by atoms with E-state index >= 15 is 0 Å². The van der Waals surface area contributed by atoms with E-state index in [0.29, 0.717) is 18.1 Å². The molecular weight excluding hydrogens is 296 g/mol. The lowest BCUT2D eigenvalue weighted by Gasteiger charge is -2.17. The van der Waals surface area contributed by atoms with Crippen molar-refractivity contribution in [2.24, 2.45) is 0 Å². The van der Waals surface area contributed by atoms with Crippen LogP contribution in [0.1, 0.15) is 49.0 Å². The molecule has 0 aliphatic carbocycles. The van der Waals surface area contributed by atoms with Gasteiger partial charge in [-0.15, -0.1) is 0 Å². The van der Waals surface area contributed by atoms with Crippen molar-refractivity contribution in [1.82, 2.24) is 15.6 Å². The second-order valence-corrected chi connectivity index (χ2v) is 5.69. The summed E-state index contributed by atoms with van der Waals surface area (Å²) >= 11 is 0. The highest BCUT2D eigenvalue weighted by atomic mass is 16.5. The van der Waals surface area contributed by atoms with E-state index in [0.717, 1.165) is 36.3 Å². The lowest BCUT2D eigenvalue weighted by molar-refractivity contribution is -0.118. The molecule has 1 atom stereocenters. The SMILES string of the molecule is CCCC[C@@H](NCc1c(C)noc1C)C(=O)Nc1cc(C)on1. The molecule has 0 aliphatic heterocycles. The summed E-state index contributed by atoms with van der Waals surface area (Å²) in [6.07, 6.45) is 2.74. The van der Waals surface area contributed by atoms with E-state index in [4.69, 9.17) is 9.05 Å². The van der Waals surface area contributed by atoms with E-state index in [1.807, 2.05) is 13.8 Å². The van der Waals surface area contributed by atoms with Gasteiger partial charge in [-0.1, -0.05) is 30.1 Å². The summed E-state index contributed by atoms with van der Waals surface area (Å²) in [5, 5.41) is 13.8. The van der Waals surface area contributed by atoms with E-state index in [1.165, 1.54) is 0 Å². The third kappa shape index (κ3) is 4.66. The number of anilines is 1. The maximum absolute atomic E-state index is 12.5. The monoisotopic (exact) mass is 320 g/mol. The van der Waals surface area contributed by atoms with E-state index in [2.05, 4.69) is 27.9 Å². The summed E-state index contributed by atoms with van der Waals surface area (Å²) in [5.74, 6) is 1.76. The number of hydrogen-bond acceptors (Lipinski definition) is 6. The molecule has 2 rings (SSSR count). The number of nitrogens with one attached hydrogen (secondary N) is 2. The zero-order valence-electron chi connectivity index (χ0n) is 14.1. The number of hydrogen-bond donors (Lipinski definition) is 2. The number of aryl methyl sites for hydroxylation is 3. The Morgan fingerprint density at radius 1 is 1.26 bits per heavy atom. The minimum absolute atomic E-state index is 0.112. The molecule has 126 valence electrons. The van der Waals surface area contributed by atoms with Gasteiger partial charge in [-0.05, 0) is 27.2 Å². The predicted octanol–water partition coefficient (Wildman–Crippen LogP) is 2.87. The first kappa shape index (κ1) is 17.2. The molecular formula is C16H24N4O3. The summed E-state index contributed by atoms with van der Waals surface area (Å²) in [6, 6.07) is 1.39. The number of rotatable bonds is 8. The molecule has 2 aromatic rings. The summed E-state index contributed by atoms with van der Waals surface area (Å²) < 4.78 is 10.1. The van der Waals surface area contributed by atoms with Crippen LogP contribution in [0.15, 0.2) is 15.1 Å². The fourth-order valence-electron chi connectivity index (χ4n) is 2.35. The van der Waals surface area contributed by atoms with Gasteiger partial charge < -0.3 is 19.7 Å². The number of nitrogens with zero attached hydrogens (tertiary/aromatic N) is 2. The van der Waals surface area contributed by atoms with Gasteiger partial charge in [0.25, 0.3) is 0 Å². The van der Waals surface area contributed by atoms with Crippen LogP contribution in [-0.4, -0.2) is 22.3 Å². The van der Waals surface area contributed by atoms with Crippen molar-refractivity contribution < 1.29 is 13.8 Å². The second kappa shape index (κ2) is 7.92. The average molecular weight is 320 g/mol. The molecule has 0 saturated carbocycles. The molecule has 0 radical (unpaired) electrons. The van der Waals surface area contributed by atoms with E-state index in [9.17, 15) is 4.79 Å². The second-order valence-electron chi connectivity index (χ2n) is 5.69. The molecule has 1 amide bonds. The van der Waals surface area contributed by atoms with Gasteiger partial charge in [0.1, 0.15) is 11.5 Å². The molecule has 0 aliphatic rings. The molecule has 0 bridgehead atoms. The Bertz CT molecular complexity index is 628. The molecule has 2 aromatic heterocycles. The zero-order valence-corrected chi connectivity index (χ0v) is 14.1. The van der Waals surface area contributed by atoms with Crippen molar-refractivity contribution in [3.8, 4) is 0 Å². The molecule has 23 heavy (non-hydrogen) atoms. The van der Waals surface area contributed by atoms with Crippen molar-refractivity contribution >= 4 is 11.7 Å². The average Bonchev–Trinajstić information content (AvgIpc) is 3.06. The third-order valence-corrected chi connectivity index (χ3v) is 3.75. The molecule has 7 heteroatoms. The molecule has 0 saturated heterocycles. The first-order valence-electron chi connectivity index (χ1n) is 7.90. The van der Waals surface area contributed by atoms with Gasteiger partial charge in [-0.3, -0.25) is 4.79 Å². The van der Waals surface area contributed by atoms with Crippen LogP contribution >= 0.6 is 0 Å². The number of amides is 1. The Hall–Kier alpha value is -2.15. The predicted molar refractivity (Wildman–Crippen MR) is 86.0 cm³/mol. The van der Waals surface area contributed by atoms with Gasteiger partial charge in [0, 0.05) is 18.2 Å². The number of carbonyl (C=O) groups excluding carboxylic acids is 1. The van der Waals surface area contributed by atoms with Crippen molar-refractivity contribution in [2.75, 3.05) is 5.32 Å². The van der Waals surface area contributed by atoms with E-state index < -0.39 is 0 Å². The highest BCUT2D eigenvalue weighted by molar-refractivity contribution is 5.94. The first-order chi connectivity index (χ1) is 11.0. The van der Waals surface area contributed by atoms with Gasteiger partial charge in [-0.25, -0.2) is 0 Å². The van der Waals surface area contributed by atoms with Crippen LogP contribution in [0.2, 0.25) is 0 Å². The maximum atomic E-state index is 12.5. The first-order valence-corrected chi connectivity index (χ1v) is 7.90. The van der Waals surface area contributed by atoms with Crippen molar-refractivity contribution in [1.29, 1.82) is 0 Å². The van der Waals surface area contributed by atoms with Crippen molar-refractivity contribution in [2.45, 2.75) is 59.5 Å². The van der Waals surface area contributed by atoms with Crippen LogP contribution in [0.5, 0.6) is 0 Å². The van der Waals surface area contributed by atoms with Crippen molar-refractivity contribution in [3.63, 3.8) is 0 Å². The molecule has 0 spiro atoms. The van der Waals surface area contributed by atoms with Crippen molar-refractivity contribution in [3.05, 3.63) is 28.8 Å². The zero-order chi connectivity index (χ0) is 16.8. The summed E-state index contributed by atoms with van der Waals surface area (Å²) in [6.45, 7) is 8.20. The highest BCUT2D eigenvalue weighted by Crippen LogP contribution is 2.14. The van der Waals surface area contributed by atoms with Crippen LogP contribution in [0, 0.1) is 20.8 Å². The molecule has 2 N–H and O–H groups in total.